The number of methoxy groups -OCH3 is 1. The Hall–Kier alpha value is -1.16. The van der Waals surface area contributed by atoms with E-state index in [0.29, 0.717) is 31.7 Å². The highest BCUT2D eigenvalue weighted by Crippen LogP contribution is 2.25. The molecule has 0 amide bonds. The van der Waals surface area contributed by atoms with E-state index in [1.165, 1.54) is 17.5 Å². The second kappa shape index (κ2) is 6.76. The van der Waals surface area contributed by atoms with Gasteiger partial charge in [0.15, 0.2) is 0 Å². The number of aryl methyl sites for hydroxylation is 1. The van der Waals surface area contributed by atoms with Crippen molar-refractivity contribution in [3.63, 3.8) is 0 Å². The summed E-state index contributed by atoms with van der Waals surface area (Å²) < 4.78 is 56.9. The summed E-state index contributed by atoms with van der Waals surface area (Å²) in [6.45, 7) is 2.38. The predicted molar refractivity (Wildman–Crippen MR) is 87.5 cm³/mol. The van der Waals surface area contributed by atoms with Crippen LogP contribution in [0.3, 0.4) is 0 Å². The maximum atomic E-state index is 12.7. The van der Waals surface area contributed by atoms with Crippen LogP contribution in [-0.2, 0) is 20.0 Å². The first kappa shape index (κ1) is 18.2. The average Bonchev–Trinajstić information content (AvgIpc) is 2.46. The van der Waals surface area contributed by atoms with Crippen LogP contribution in [0.2, 0.25) is 0 Å². The summed E-state index contributed by atoms with van der Waals surface area (Å²) in [6, 6.07) is 4.55. The number of sulfonamides is 2. The zero-order chi connectivity index (χ0) is 17.3. The molecule has 0 spiro atoms. The van der Waals surface area contributed by atoms with Crippen LogP contribution in [0, 0.1) is 6.92 Å². The van der Waals surface area contributed by atoms with E-state index in [2.05, 4.69) is 4.72 Å². The minimum atomic E-state index is -3.58. The van der Waals surface area contributed by atoms with Crippen molar-refractivity contribution in [2.24, 2.45) is 0 Å². The second-order valence-electron chi connectivity index (χ2n) is 5.70. The summed E-state index contributed by atoms with van der Waals surface area (Å²) in [6.07, 6.45) is 2.03. The van der Waals surface area contributed by atoms with Crippen molar-refractivity contribution >= 4 is 20.0 Å². The highest BCUT2D eigenvalue weighted by atomic mass is 32.2. The molecule has 0 atom stereocenters. The molecule has 9 heteroatoms. The molecule has 0 aromatic heterocycles. The van der Waals surface area contributed by atoms with Gasteiger partial charge in [-0.25, -0.2) is 21.6 Å². The lowest BCUT2D eigenvalue weighted by molar-refractivity contribution is 0.308. The predicted octanol–water partition coefficient (Wildman–Crippen LogP) is 0.706. The summed E-state index contributed by atoms with van der Waals surface area (Å²) in [5.74, 6) is 0.639. The molecule has 0 aliphatic carbocycles. The van der Waals surface area contributed by atoms with E-state index >= 15 is 0 Å². The number of rotatable bonds is 5. The lowest BCUT2D eigenvalue weighted by Crippen LogP contribution is -2.46. The summed E-state index contributed by atoms with van der Waals surface area (Å²) in [5.41, 5.74) is 0.752. The number of nitrogens with one attached hydrogen (secondary N) is 1. The Morgan fingerprint density at radius 1 is 1.17 bits per heavy atom. The smallest absolute Gasteiger partial charge is 0.243 e. The van der Waals surface area contributed by atoms with Crippen LogP contribution >= 0.6 is 0 Å². The fraction of sp³-hybridized carbons (Fsp3) is 0.571. The molecule has 1 aliphatic heterocycles. The number of nitrogens with zero attached hydrogens (tertiary/aromatic N) is 1. The molecule has 1 saturated heterocycles. The zero-order valence-electron chi connectivity index (χ0n) is 13.4. The third-order valence-electron chi connectivity index (χ3n) is 3.84. The standard InChI is InChI=1S/C14H22N2O5S2/c1-11-10-13(4-5-14(11)21-2)23(19,20)16-8-6-12(7-9-16)15-22(3,17)18/h4-5,10,12,15H,6-9H2,1-3H3. The van der Waals surface area contributed by atoms with Crippen molar-refractivity contribution in [1.29, 1.82) is 0 Å². The first-order valence-corrected chi connectivity index (χ1v) is 10.6. The molecule has 0 bridgehead atoms. The summed E-state index contributed by atoms with van der Waals surface area (Å²) >= 11 is 0. The van der Waals surface area contributed by atoms with Crippen LogP contribution in [0.15, 0.2) is 23.1 Å². The molecule has 0 saturated carbocycles. The van der Waals surface area contributed by atoms with Crippen molar-refractivity contribution in [2.75, 3.05) is 26.5 Å². The number of hydrogen-bond donors (Lipinski definition) is 1. The van der Waals surface area contributed by atoms with Crippen molar-refractivity contribution < 1.29 is 21.6 Å². The van der Waals surface area contributed by atoms with Gasteiger partial charge in [-0.05, 0) is 43.5 Å². The van der Waals surface area contributed by atoms with Gasteiger partial charge in [-0.15, -0.1) is 0 Å². The Morgan fingerprint density at radius 3 is 2.26 bits per heavy atom. The number of ether oxygens (including phenoxy) is 1. The summed E-state index contributed by atoms with van der Waals surface area (Å²) in [4.78, 5) is 0.227. The quantitative estimate of drug-likeness (QED) is 0.833. The topological polar surface area (TPSA) is 92.8 Å². The van der Waals surface area contributed by atoms with Gasteiger partial charge < -0.3 is 4.74 Å². The number of piperidine rings is 1. The van der Waals surface area contributed by atoms with E-state index in [0.717, 1.165) is 11.8 Å². The first-order chi connectivity index (χ1) is 10.6. The normalized spacial score (nSPS) is 18.0. The third kappa shape index (κ3) is 4.43. The van der Waals surface area contributed by atoms with Gasteiger partial charge in [-0.3, -0.25) is 0 Å². The van der Waals surface area contributed by atoms with Gasteiger partial charge in [-0.2, -0.15) is 4.31 Å². The van der Waals surface area contributed by atoms with Crippen LogP contribution in [-0.4, -0.2) is 53.6 Å². The molecule has 0 radical (unpaired) electrons. The zero-order valence-corrected chi connectivity index (χ0v) is 15.1. The fourth-order valence-electron chi connectivity index (χ4n) is 2.68. The summed E-state index contributed by atoms with van der Waals surface area (Å²) in [7, 11) is -5.31. The van der Waals surface area contributed by atoms with Gasteiger partial charge in [0.05, 0.1) is 18.3 Å². The lowest BCUT2D eigenvalue weighted by Gasteiger charge is -2.31. The Morgan fingerprint density at radius 2 is 1.78 bits per heavy atom. The maximum absolute atomic E-state index is 12.7. The number of hydrogen-bond acceptors (Lipinski definition) is 5. The minimum absolute atomic E-state index is 0.214. The van der Waals surface area contributed by atoms with Crippen molar-refractivity contribution in [3.05, 3.63) is 23.8 Å². The van der Waals surface area contributed by atoms with Gasteiger partial charge in [0.25, 0.3) is 0 Å². The van der Waals surface area contributed by atoms with Crippen LogP contribution < -0.4 is 9.46 Å². The molecule has 1 fully saturated rings. The van der Waals surface area contributed by atoms with Gasteiger partial charge in [0.1, 0.15) is 5.75 Å². The van der Waals surface area contributed by atoms with Crippen LogP contribution in [0.4, 0.5) is 0 Å². The van der Waals surface area contributed by atoms with E-state index in [-0.39, 0.29) is 10.9 Å². The Kier molecular flexibility index (Phi) is 5.34. The molecule has 7 nitrogen and oxygen atoms in total. The molecule has 1 N–H and O–H groups in total. The Balaban J connectivity index is 2.11. The SMILES string of the molecule is COc1ccc(S(=O)(=O)N2CCC(NS(C)(=O)=O)CC2)cc1C. The Bertz CT molecular complexity index is 766. The molecule has 23 heavy (non-hydrogen) atoms. The van der Waals surface area contributed by atoms with E-state index in [4.69, 9.17) is 4.74 Å². The molecule has 1 heterocycles. The average molecular weight is 362 g/mol. The van der Waals surface area contributed by atoms with E-state index < -0.39 is 20.0 Å². The van der Waals surface area contributed by atoms with Crippen molar-refractivity contribution in [3.8, 4) is 5.75 Å². The molecular weight excluding hydrogens is 340 g/mol. The van der Waals surface area contributed by atoms with E-state index in [9.17, 15) is 16.8 Å². The molecule has 0 unspecified atom stereocenters. The minimum Gasteiger partial charge on any atom is -0.496 e. The molecular formula is C14H22N2O5S2. The Labute approximate surface area is 137 Å². The van der Waals surface area contributed by atoms with Crippen LogP contribution in [0.25, 0.3) is 0 Å². The second-order valence-corrected chi connectivity index (χ2v) is 9.42. The molecule has 1 aromatic rings. The lowest BCUT2D eigenvalue weighted by atomic mass is 10.1. The first-order valence-electron chi connectivity index (χ1n) is 7.25. The highest BCUT2D eigenvalue weighted by molar-refractivity contribution is 7.89. The highest BCUT2D eigenvalue weighted by Gasteiger charge is 2.30. The largest absolute Gasteiger partial charge is 0.496 e. The van der Waals surface area contributed by atoms with E-state index in [1.54, 1.807) is 19.1 Å². The molecule has 130 valence electrons. The van der Waals surface area contributed by atoms with Crippen LogP contribution in [0.1, 0.15) is 18.4 Å². The fourth-order valence-corrected chi connectivity index (χ4v) is 5.07. The van der Waals surface area contributed by atoms with Gasteiger partial charge in [0, 0.05) is 19.1 Å². The van der Waals surface area contributed by atoms with Gasteiger partial charge in [-0.1, -0.05) is 0 Å². The van der Waals surface area contributed by atoms with Gasteiger partial charge in [0.2, 0.25) is 20.0 Å². The van der Waals surface area contributed by atoms with Crippen molar-refractivity contribution in [1.82, 2.24) is 9.03 Å². The monoisotopic (exact) mass is 362 g/mol. The van der Waals surface area contributed by atoms with Gasteiger partial charge >= 0.3 is 0 Å². The number of benzene rings is 1. The molecule has 1 aromatic carbocycles. The third-order valence-corrected chi connectivity index (χ3v) is 6.49. The van der Waals surface area contributed by atoms with Crippen molar-refractivity contribution in [2.45, 2.75) is 30.7 Å². The maximum Gasteiger partial charge on any atom is 0.243 e. The molecule has 1 aliphatic rings. The van der Waals surface area contributed by atoms with Crippen LogP contribution in [0.5, 0.6) is 5.75 Å². The van der Waals surface area contributed by atoms with E-state index in [1.807, 2.05) is 0 Å². The summed E-state index contributed by atoms with van der Waals surface area (Å²) in [5, 5.41) is 0. The molecule has 2 rings (SSSR count).